The van der Waals surface area contributed by atoms with Crippen LogP contribution < -0.4 is 10.3 Å². The van der Waals surface area contributed by atoms with Gasteiger partial charge in [-0.2, -0.15) is 0 Å². The molecule has 4 rings (SSSR count). The first kappa shape index (κ1) is 19.4. The molecule has 1 atom stereocenters. The van der Waals surface area contributed by atoms with Crippen molar-refractivity contribution in [3.8, 4) is 16.9 Å². The third kappa shape index (κ3) is 4.09. The van der Waals surface area contributed by atoms with Crippen LogP contribution in [0.15, 0.2) is 65.7 Å². The highest BCUT2D eigenvalue weighted by molar-refractivity contribution is 7.19. The van der Waals surface area contributed by atoms with Gasteiger partial charge in [-0.25, -0.2) is 4.98 Å². The van der Waals surface area contributed by atoms with Gasteiger partial charge in [-0.05, 0) is 37.1 Å². The van der Waals surface area contributed by atoms with Crippen molar-refractivity contribution in [1.29, 1.82) is 0 Å². The maximum Gasteiger partial charge on any atom is 0.262 e. The zero-order chi connectivity index (χ0) is 20.4. The van der Waals surface area contributed by atoms with Crippen LogP contribution in [-0.4, -0.2) is 27.4 Å². The lowest BCUT2D eigenvalue weighted by Crippen LogP contribution is -2.30. The van der Waals surface area contributed by atoms with E-state index in [-0.39, 0.29) is 18.7 Å². The highest BCUT2D eigenvalue weighted by Gasteiger charge is 2.18. The van der Waals surface area contributed by atoms with Gasteiger partial charge in [0.1, 0.15) is 23.3 Å². The van der Waals surface area contributed by atoms with Gasteiger partial charge in [0.05, 0.1) is 18.3 Å². The second-order valence-corrected chi connectivity index (χ2v) is 8.27. The highest BCUT2D eigenvalue weighted by Crippen LogP contribution is 2.35. The van der Waals surface area contributed by atoms with E-state index in [2.05, 4.69) is 4.98 Å². The fraction of sp³-hybridized carbons (Fsp3) is 0.217. The van der Waals surface area contributed by atoms with Crippen LogP contribution in [0.1, 0.15) is 10.4 Å². The zero-order valence-corrected chi connectivity index (χ0v) is 17.1. The summed E-state index contributed by atoms with van der Waals surface area (Å²) in [4.78, 5) is 19.4. The summed E-state index contributed by atoms with van der Waals surface area (Å²) >= 11 is 1.51. The normalized spacial score (nSPS) is 12.2. The van der Waals surface area contributed by atoms with Crippen molar-refractivity contribution in [3.63, 3.8) is 0 Å². The van der Waals surface area contributed by atoms with Gasteiger partial charge in [-0.3, -0.25) is 9.36 Å². The van der Waals surface area contributed by atoms with Crippen LogP contribution in [-0.2, 0) is 6.54 Å². The van der Waals surface area contributed by atoms with E-state index in [1.165, 1.54) is 22.2 Å². The molecule has 0 fully saturated rings. The van der Waals surface area contributed by atoms with Gasteiger partial charge in [0, 0.05) is 10.4 Å². The van der Waals surface area contributed by atoms with E-state index < -0.39 is 6.10 Å². The van der Waals surface area contributed by atoms with Gasteiger partial charge in [0.2, 0.25) is 0 Å². The van der Waals surface area contributed by atoms with Crippen molar-refractivity contribution in [1.82, 2.24) is 9.55 Å². The topological polar surface area (TPSA) is 64.3 Å². The van der Waals surface area contributed by atoms with Gasteiger partial charge >= 0.3 is 0 Å². The molecule has 0 amide bonds. The number of fused-ring (bicyclic) bond motifs is 1. The SMILES string of the molecule is Cc1cccc(OC[C@H](O)Cn2cnc3sc(C)c(-c4ccccc4)c3c2=O)c1. The molecule has 5 nitrogen and oxygen atoms in total. The fourth-order valence-corrected chi connectivity index (χ4v) is 4.40. The highest BCUT2D eigenvalue weighted by atomic mass is 32.1. The summed E-state index contributed by atoms with van der Waals surface area (Å²) in [5.74, 6) is 0.699. The van der Waals surface area contributed by atoms with Gasteiger partial charge in [0.15, 0.2) is 0 Å². The molecule has 2 aromatic heterocycles. The van der Waals surface area contributed by atoms with E-state index in [0.717, 1.165) is 21.6 Å². The number of aliphatic hydroxyl groups excluding tert-OH is 1. The second kappa shape index (κ2) is 8.19. The number of hydrogen-bond donors (Lipinski definition) is 1. The van der Waals surface area contributed by atoms with Crippen LogP contribution in [0.3, 0.4) is 0 Å². The molecule has 0 aliphatic heterocycles. The summed E-state index contributed by atoms with van der Waals surface area (Å²) < 4.78 is 7.13. The molecule has 148 valence electrons. The number of aromatic nitrogens is 2. The molecule has 2 aromatic carbocycles. The Morgan fingerprint density at radius 3 is 2.69 bits per heavy atom. The molecule has 0 saturated carbocycles. The standard InChI is InChI=1S/C23H22N2O3S/c1-15-7-6-10-19(11-15)28-13-18(26)12-25-14-24-22-21(23(25)27)20(16(2)29-22)17-8-4-3-5-9-17/h3-11,14,18,26H,12-13H2,1-2H3/t18-/m1/s1. The minimum absolute atomic E-state index is 0.0993. The van der Waals surface area contributed by atoms with E-state index >= 15 is 0 Å². The molecular formula is C23H22N2O3S. The molecule has 2 heterocycles. The number of thiophene rings is 1. The second-order valence-electron chi connectivity index (χ2n) is 7.06. The Kier molecular flexibility index (Phi) is 5.47. The summed E-state index contributed by atoms with van der Waals surface area (Å²) in [6.07, 6.45) is 0.679. The molecule has 0 bridgehead atoms. The number of rotatable bonds is 6. The van der Waals surface area contributed by atoms with E-state index in [1.54, 1.807) is 0 Å². The van der Waals surface area contributed by atoms with Gasteiger partial charge in [-0.15, -0.1) is 11.3 Å². The molecular weight excluding hydrogens is 384 g/mol. The van der Waals surface area contributed by atoms with Crippen LogP contribution >= 0.6 is 11.3 Å². The average molecular weight is 407 g/mol. The van der Waals surface area contributed by atoms with E-state index in [9.17, 15) is 9.90 Å². The Morgan fingerprint density at radius 2 is 1.93 bits per heavy atom. The Hall–Kier alpha value is -2.96. The minimum atomic E-state index is -0.827. The largest absolute Gasteiger partial charge is 0.491 e. The quantitative estimate of drug-likeness (QED) is 0.522. The van der Waals surface area contributed by atoms with Crippen molar-refractivity contribution < 1.29 is 9.84 Å². The van der Waals surface area contributed by atoms with Crippen LogP contribution in [0.25, 0.3) is 21.3 Å². The van der Waals surface area contributed by atoms with Crippen molar-refractivity contribution >= 4 is 21.6 Å². The molecule has 4 aromatic rings. The van der Waals surface area contributed by atoms with E-state index in [1.807, 2.05) is 68.4 Å². The molecule has 1 N–H and O–H groups in total. The van der Waals surface area contributed by atoms with Crippen LogP contribution in [0.2, 0.25) is 0 Å². The Balaban J connectivity index is 1.60. The van der Waals surface area contributed by atoms with Crippen molar-refractivity contribution in [2.75, 3.05) is 6.61 Å². The smallest absolute Gasteiger partial charge is 0.262 e. The summed E-state index contributed by atoms with van der Waals surface area (Å²) in [5, 5.41) is 11.0. The predicted molar refractivity (Wildman–Crippen MR) is 117 cm³/mol. The number of nitrogens with zero attached hydrogens (tertiary/aromatic N) is 2. The summed E-state index contributed by atoms with van der Waals surface area (Å²) in [7, 11) is 0. The molecule has 29 heavy (non-hydrogen) atoms. The molecule has 0 spiro atoms. The monoisotopic (exact) mass is 406 g/mol. The van der Waals surface area contributed by atoms with E-state index in [4.69, 9.17) is 4.74 Å². The number of benzene rings is 2. The zero-order valence-electron chi connectivity index (χ0n) is 16.3. The Bertz CT molecular complexity index is 1200. The van der Waals surface area contributed by atoms with Crippen molar-refractivity contribution in [2.45, 2.75) is 26.5 Å². The first-order chi connectivity index (χ1) is 14.0. The number of ether oxygens (including phenoxy) is 1. The lowest BCUT2D eigenvalue weighted by Gasteiger charge is -2.14. The maximum absolute atomic E-state index is 13.2. The summed E-state index contributed by atoms with van der Waals surface area (Å²) in [6.45, 7) is 4.21. The predicted octanol–water partition coefficient (Wildman–Crippen LogP) is 4.18. The lowest BCUT2D eigenvalue weighted by molar-refractivity contribution is 0.0914. The van der Waals surface area contributed by atoms with E-state index in [0.29, 0.717) is 16.0 Å². The average Bonchev–Trinajstić information content (AvgIpc) is 3.06. The molecule has 0 aliphatic carbocycles. The summed E-state index contributed by atoms with van der Waals surface area (Å²) in [5.41, 5.74) is 2.86. The fourth-order valence-electron chi connectivity index (χ4n) is 3.40. The summed E-state index contributed by atoms with van der Waals surface area (Å²) in [6, 6.07) is 17.5. The maximum atomic E-state index is 13.2. The number of aryl methyl sites for hydroxylation is 2. The number of aliphatic hydroxyl groups is 1. The van der Waals surface area contributed by atoms with Gasteiger partial charge in [0.25, 0.3) is 5.56 Å². The molecule has 0 unspecified atom stereocenters. The third-order valence-electron chi connectivity index (χ3n) is 4.76. The molecule has 0 radical (unpaired) electrons. The first-order valence-corrected chi connectivity index (χ1v) is 10.3. The van der Waals surface area contributed by atoms with Gasteiger partial charge < -0.3 is 9.84 Å². The van der Waals surface area contributed by atoms with Crippen molar-refractivity contribution in [2.24, 2.45) is 0 Å². The number of hydrogen-bond acceptors (Lipinski definition) is 5. The van der Waals surface area contributed by atoms with Crippen molar-refractivity contribution in [3.05, 3.63) is 81.7 Å². The molecule has 0 aliphatic rings. The first-order valence-electron chi connectivity index (χ1n) is 9.44. The minimum Gasteiger partial charge on any atom is -0.491 e. The van der Waals surface area contributed by atoms with Crippen LogP contribution in [0.4, 0.5) is 0 Å². The Morgan fingerprint density at radius 1 is 1.14 bits per heavy atom. The Labute approximate surface area is 172 Å². The molecule has 0 saturated heterocycles. The van der Waals surface area contributed by atoms with Gasteiger partial charge in [-0.1, -0.05) is 42.5 Å². The lowest BCUT2D eigenvalue weighted by atomic mass is 10.0. The van der Waals surface area contributed by atoms with Crippen LogP contribution in [0.5, 0.6) is 5.75 Å². The third-order valence-corrected chi connectivity index (χ3v) is 5.77. The molecule has 6 heteroatoms. The van der Waals surface area contributed by atoms with Crippen LogP contribution in [0, 0.1) is 13.8 Å².